The molecule has 2 aliphatic rings. The van der Waals surface area contributed by atoms with E-state index in [1.54, 1.807) is 35.9 Å². The van der Waals surface area contributed by atoms with E-state index in [0.29, 0.717) is 16.8 Å². The number of morpholine rings is 1. The minimum atomic E-state index is -3.60. The van der Waals surface area contributed by atoms with Crippen molar-refractivity contribution in [1.82, 2.24) is 14.7 Å². The molecule has 0 N–H and O–H groups in total. The van der Waals surface area contributed by atoms with Crippen molar-refractivity contribution in [3.05, 3.63) is 65.4 Å². The number of benzene rings is 2. The summed E-state index contributed by atoms with van der Waals surface area (Å²) in [5, 5.41) is 4.54. The van der Waals surface area contributed by atoms with E-state index in [0.717, 1.165) is 44.1 Å². The maximum absolute atomic E-state index is 12.9. The lowest BCUT2D eigenvalue weighted by molar-refractivity contribution is 0.0342. The monoisotopic (exact) mass is 467 g/mol. The third-order valence-electron chi connectivity index (χ3n) is 5.95. The molecule has 33 heavy (non-hydrogen) atoms. The third kappa shape index (κ3) is 4.07. The average Bonchev–Trinajstić information content (AvgIpc) is 3.19. The minimum Gasteiger partial charge on any atom is -0.461 e. The highest BCUT2D eigenvalue weighted by Gasteiger charge is 2.36. The zero-order valence-corrected chi connectivity index (χ0v) is 19.2. The molecule has 5 rings (SSSR count). The van der Waals surface area contributed by atoms with Gasteiger partial charge in [0.2, 0.25) is 0 Å². The Morgan fingerprint density at radius 3 is 2.55 bits per heavy atom. The predicted octanol–water partition coefficient (Wildman–Crippen LogP) is 2.84. The van der Waals surface area contributed by atoms with Gasteiger partial charge in [0, 0.05) is 30.8 Å². The van der Waals surface area contributed by atoms with Crippen molar-refractivity contribution >= 4 is 15.8 Å². The van der Waals surface area contributed by atoms with Gasteiger partial charge in [-0.05, 0) is 30.7 Å². The van der Waals surface area contributed by atoms with Gasteiger partial charge >= 0.3 is 5.97 Å². The highest BCUT2D eigenvalue weighted by atomic mass is 32.2. The summed E-state index contributed by atoms with van der Waals surface area (Å²) in [6.45, 7) is 6.02. The van der Waals surface area contributed by atoms with Crippen molar-refractivity contribution in [3.8, 4) is 16.9 Å². The van der Waals surface area contributed by atoms with E-state index in [9.17, 15) is 13.2 Å². The first kappa shape index (κ1) is 21.8. The Balaban J connectivity index is 1.58. The number of fused-ring (bicyclic) bond motifs is 3. The highest BCUT2D eigenvalue weighted by molar-refractivity contribution is 7.90. The standard InChI is InChI=1S/C24H25N3O5S/c1-2-32-24(28)22-20-16-33(29,30)21-6-4-3-5-19(21)23(20)27(25-22)18-9-7-17(8-10-18)15-26-11-13-31-14-12-26/h3-10H,2,11-16H2,1H3. The first-order valence-corrected chi connectivity index (χ1v) is 12.6. The summed E-state index contributed by atoms with van der Waals surface area (Å²) in [5.41, 5.74) is 3.49. The van der Waals surface area contributed by atoms with Crippen molar-refractivity contribution in [2.45, 2.75) is 24.1 Å². The largest absolute Gasteiger partial charge is 0.461 e. The van der Waals surface area contributed by atoms with Gasteiger partial charge in [-0.25, -0.2) is 17.9 Å². The molecule has 0 bridgehead atoms. The Bertz CT molecular complexity index is 1290. The van der Waals surface area contributed by atoms with Crippen LogP contribution in [0, 0.1) is 0 Å². The molecule has 1 fully saturated rings. The molecular weight excluding hydrogens is 442 g/mol. The van der Waals surface area contributed by atoms with Gasteiger partial charge in [0.1, 0.15) is 0 Å². The number of aromatic nitrogens is 2. The van der Waals surface area contributed by atoms with Gasteiger partial charge in [0.15, 0.2) is 15.5 Å². The van der Waals surface area contributed by atoms with Gasteiger partial charge in [-0.1, -0.05) is 30.3 Å². The van der Waals surface area contributed by atoms with E-state index >= 15 is 0 Å². The van der Waals surface area contributed by atoms with E-state index in [1.807, 2.05) is 24.3 Å². The molecule has 0 saturated carbocycles. The molecule has 2 aliphatic heterocycles. The van der Waals surface area contributed by atoms with Crippen molar-refractivity contribution in [1.29, 1.82) is 0 Å². The lowest BCUT2D eigenvalue weighted by Gasteiger charge is -2.26. The number of hydrogen-bond acceptors (Lipinski definition) is 7. The summed E-state index contributed by atoms with van der Waals surface area (Å²) in [5.74, 6) is -0.909. The van der Waals surface area contributed by atoms with Crippen molar-refractivity contribution in [2.75, 3.05) is 32.9 Å². The lowest BCUT2D eigenvalue weighted by Crippen LogP contribution is -2.35. The summed E-state index contributed by atoms with van der Waals surface area (Å²) in [6.07, 6.45) is 0. The Morgan fingerprint density at radius 1 is 1.09 bits per heavy atom. The second-order valence-electron chi connectivity index (χ2n) is 8.12. The molecule has 0 atom stereocenters. The fourth-order valence-electron chi connectivity index (χ4n) is 4.38. The van der Waals surface area contributed by atoms with Crippen LogP contribution in [-0.4, -0.2) is 62.0 Å². The fraction of sp³-hybridized carbons (Fsp3) is 0.333. The van der Waals surface area contributed by atoms with Crippen molar-refractivity contribution in [2.24, 2.45) is 0 Å². The Kier molecular flexibility index (Phi) is 5.77. The zero-order chi connectivity index (χ0) is 23.0. The second-order valence-corrected chi connectivity index (χ2v) is 10.1. The van der Waals surface area contributed by atoms with Crippen LogP contribution in [0.1, 0.15) is 28.5 Å². The smallest absolute Gasteiger partial charge is 0.359 e. The molecule has 3 heterocycles. The number of nitrogens with zero attached hydrogens (tertiary/aromatic N) is 3. The van der Waals surface area contributed by atoms with Gasteiger partial charge < -0.3 is 9.47 Å². The summed E-state index contributed by atoms with van der Waals surface area (Å²) < 4.78 is 38.1. The van der Waals surface area contributed by atoms with Crippen LogP contribution in [-0.2, 0) is 31.6 Å². The van der Waals surface area contributed by atoms with E-state index in [4.69, 9.17) is 9.47 Å². The first-order valence-electron chi connectivity index (χ1n) is 11.0. The topological polar surface area (TPSA) is 90.7 Å². The van der Waals surface area contributed by atoms with E-state index < -0.39 is 15.8 Å². The number of carbonyl (C=O) groups excluding carboxylic acids is 1. The minimum absolute atomic E-state index is 0.0438. The van der Waals surface area contributed by atoms with Crippen molar-refractivity contribution < 1.29 is 22.7 Å². The maximum atomic E-state index is 12.9. The fourth-order valence-corrected chi connectivity index (χ4v) is 5.97. The van der Waals surface area contributed by atoms with Crippen LogP contribution in [0.3, 0.4) is 0 Å². The van der Waals surface area contributed by atoms with Gasteiger partial charge in [0.25, 0.3) is 0 Å². The molecule has 3 aromatic rings. The zero-order valence-electron chi connectivity index (χ0n) is 18.4. The highest BCUT2D eigenvalue weighted by Crippen LogP contribution is 2.40. The lowest BCUT2D eigenvalue weighted by atomic mass is 10.1. The van der Waals surface area contributed by atoms with E-state index in [1.165, 1.54) is 0 Å². The number of rotatable bonds is 5. The van der Waals surface area contributed by atoms with E-state index in [-0.39, 0.29) is 22.9 Å². The molecule has 8 nitrogen and oxygen atoms in total. The van der Waals surface area contributed by atoms with Crippen LogP contribution < -0.4 is 0 Å². The maximum Gasteiger partial charge on any atom is 0.359 e. The molecule has 2 aromatic carbocycles. The molecule has 0 amide bonds. The molecule has 0 radical (unpaired) electrons. The van der Waals surface area contributed by atoms with Crippen LogP contribution >= 0.6 is 0 Å². The van der Waals surface area contributed by atoms with Gasteiger partial charge in [-0.15, -0.1) is 0 Å². The summed E-state index contributed by atoms with van der Waals surface area (Å²) in [6, 6.07) is 14.8. The second kappa shape index (κ2) is 8.74. The molecule has 9 heteroatoms. The predicted molar refractivity (Wildman–Crippen MR) is 122 cm³/mol. The molecule has 1 aromatic heterocycles. The van der Waals surface area contributed by atoms with Crippen LogP contribution in [0.15, 0.2) is 53.4 Å². The number of sulfone groups is 1. The van der Waals surface area contributed by atoms with Gasteiger partial charge in [-0.2, -0.15) is 5.10 Å². The van der Waals surface area contributed by atoms with Crippen LogP contribution in [0.4, 0.5) is 0 Å². The molecule has 0 aliphatic carbocycles. The molecule has 0 unspecified atom stereocenters. The quantitative estimate of drug-likeness (QED) is 0.533. The van der Waals surface area contributed by atoms with Crippen LogP contribution in [0.2, 0.25) is 0 Å². The number of ether oxygens (including phenoxy) is 2. The molecule has 0 spiro atoms. The molecule has 172 valence electrons. The van der Waals surface area contributed by atoms with Crippen molar-refractivity contribution in [3.63, 3.8) is 0 Å². The summed E-state index contributed by atoms with van der Waals surface area (Å²) in [4.78, 5) is 15.2. The SMILES string of the molecule is CCOC(=O)c1nn(-c2ccc(CN3CCOCC3)cc2)c2c1CS(=O)(=O)c1ccccc1-2. The van der Waals surface area contributed by atoms with E-state index in [2.05, 4.69) is 10.00 Å². The third-order valence-corrected chi connectivity index (χ3v) is 7.65. The van der Waals surface area contributed by atoms with Crippen LogP contribution in [0.5, 0.6) is 0 Å². The summed E-state index contributed by atoms with van der Waals surface area (Å²) in [7, 11) is -3.60. The Morgan fingerprint density at radius 2 is 1.82 bits per heavy atom. The van der Waals surface area contributed by atoms with Crippen LogP contribution in [0.25, 0.3) is 16.9 Å². The Hall–Kier alpha value is -3.01. The number of esters is 1. The number of carbonyl (C=O) groups is 1. The Labute approximate surface area is 192 Å². The molecule has 1 saturated heterocycles. The van der Waals surface area contributed by atoms with Gasteiger partial charge in [-0.3, -0.25) is 4.90 Å². The first-order chi connectivity index (χ1) is 16.0. The normalized spacial score (nSPS) is 17.2. The number of hydrogen-bond donors (Lipinski definition) is 0. The average molecular weight is 468 g/mol. The summed E-state index contributed by atoms with van der Waals surface area (Å²) >= 11 is 0. The van der Waals surface area contributed by atoms with Gasteiger partial charge in [0.05, 0.1) is 41.9 Å². The molecular formula is C24H25N3O5S.